The van der Waals surface area contributed by atoms with Gasteiger partial charge in [-0.05, 0) is 50.1 Å². The largest absolute Gasteiger partial charge is 0.449 e. The quantitative estimate of drug-likeness (QED) is 0.474. The molecular weight excluding hydrogens is 453 g/mol. The average molecular weight is 475 g/mol. The van der Waals surface area contributed by atoms with Crippen molar-refractivity contribution in [3.8, 4) is 0 Å². The minimum Gasteiger partial charge on any atom is -0.449 e. The molecule has 2 aromatic carbocycles. The Bertz CT molecular complexity index is 1290. The zero-order valence-electron chi connectivity index (χ0n) is 18.1. The molecule has 0 aliphatic heterocycles. The van der Waals surface area contributed by atoms with Crippen LogP contribution in [0.5, 0.6) is 0 Å². The van der Waals surface area contributed by atoms with Crippen molar-refractivity contribution in [2.45, 2.75) is 38.2 Å². The zero-order chi connectivity index (χ0) is 24.2. The molecule has 0 aliphatic carbocycles. The Morgan fingerprint density at radius 3 is 2.52 bits per heavy atom. The first-order chi connectivity index (χ1) is 15.6. The molecule has 1 heterocycles. The van der Waals surface area contributed by atoms with Crippen molar-refractivity contribution in [2.24, 2.45) is 0 Å². The van der Waals surface area contributed by atoms with Crippen LogP contribution in [0.15, 0.2) is 57.9 Å². The number of rotatable bonds is 8. The van der Waals surface area contributed by atoms with E-state index in [2.05, 4.69) is 15.2 Å². The van der Waals surface area contributed by atoms with Crippen molar-refractivity contribution in [3.63, 3.8) is 0 Å². The molecule has 11 heteroatoms. The predicted octanol–water partition coefficient (Wildman–Crippen LogP) is 3.81. The number of hydrogen-bond acceptors (Lipinski definition) is 7. The Balaban J connectivity index is 1.79. The molecule has 0 aliphatic rings. The van der Waals surface area contributed by atoms with Crippen molar-refractivity contribution in [1.82, 2.24) is 5.16 Å². The number of benzene rings is 2. The molecule has 1 unspecified atom stereocenters. The van der Waals surface area contributed by atoms with E-state index < -0.39 is 33.8 Å². The van der Waals surface area contributed by atoms with E-state index in [1.54, 1.807) is 20.8 Å². The number of nitrogens with one attached hydrogen (secondary N) is 2. The van der Waals surface area contributed by atoms with Crippen LogP contribution in [0, 0.1) is 19.7 Å². The number of amides is 1. The second kappa shape index (κ2) is 9.82. The number of aryl methyl sites for hydroxylation is 2. The molecule has 0 fully saturated rings. The molecule has 3 rings (SSSR count). The number of halogens is 1. The lowest BCUT2D eigenvalue weighted by molar-refractivity contribution is -0.124. The maximum absolute atomic E-state index is 13.9. The summed E-state index contributed by atoms with van der Waals surface area (Å²) in [5.41, 5.74) is 0.162. The maximum Gasteiger partial charge on any atom is 0.339 e. The molecule has 1 amide bonds. The Kier molecular flexibility index (Phi) is 7.12. The van der Waals surface area contributed by atoms with Crippen LogP contribution in [0.2, 0.25) is 0 Å². The second-order valence-corrected chi connectivity index (χ2v) is 8.86. The van der Waals surface area contributed by atoms with Crippen molar-refractivity contribution in [2.75, 3.05) is 10.0 Å². The minimum atomic E-state index is -4.19. The smallest absolute Gasteiger partial charge is 0.339 e. The molecule has 0 saturated carbocycles. The molecule has 0 bridgehead atoms. The third-order valence-electron chi connectivity index (χ3n) is 4.65. The predicted molar refractivity (Wildman–Crippen MR) is 118 cm³/mol. The number of nitrogens with zero attached hydrogens (tertiary/aromatic N) is 1. The molecule has 0 saturated heterocycles. The number of sulfonamides is 1. The lowest BCUT2D eigenvalue weighted by atomic mass is 10.1. The molecule has 1 aromatic heterocycles. The Morgan fingerprint density at radius 2 is 1.88 bits per heavy atom. The summed E-state index contributed by atoms with van der Waals surface area (Å²) in [6.45, 7) is 4.90. The van der Waals surface area contributed by atoms with Crippen LogP contribution in [-0.2, 0) is 19.6 Å². The monoisotopic (exact) mass is 475 g/mol. The van der Waals surface area contributed by atoms with Gasteiger partial charge in [0, 0.05) is 6.07 Å². The summed E-state index contributed by atoms with van der Waals surface area (Å²) in [7, 11) is -4.19. The highest BCUT2D eigenvalue weighted by Crippen LogP contribution is 2.22. The first-order valence-electron chi connectivity index (χ1n) is 9.94. The van der Waals surface area contributed by atoms with Crippen LogP contribution in [0.25, 0.3) is 0 Å². The van der Waals surface area contributed by atoms with Crippen LogP contribution in [0.3, 0.4) is 0 Å². The highest BCUT2D eigenvalue weighted by atomic mass is 32.2. The number of aromatic nitrogens is 1. The molecule has 2 N–H and O–H groups in total. The first-order valence-corrected chi connectivity index (χ1v) is 11.4. The van der Waals surface area contributed by atoms with Gasteiger partial charge in [0.1, 0.15) is 11.6 Å². The van der Waals surface area contributed by atoms with Crippen molar-refractivity contribution >= 4 is 33.4 Å². The van der Waals surface area contributed by atoms with E-state index in [1.165, 1.54) is 36.4 Å². The number of para-hydroxylation sites is 1. The number of carbonyl (C=O) groups excluding carboxylic acids is 2. The minimum absolute atomic E-state index is 0.0464. The summed E-state index contributed by atoms with van der Waals surface area (Å²) in [6, 6.07) is 10.6. The van der Waals surface area contributed by atoms with Crippen molar-refractivity contribution in [1.29, 1.82) is 0 Å². The van der Waals surface area contributed by atoms with Gasteiger partial charge in [-0.2, -0.15) is 0 Å². The standard InChI is InChI=1S/C22H22FN3O6S/c1-4-19(21(27)24-20-11-14(3)32-25-20)31-22(28)16-12-15(10-9-13(16)2)33(29,30)26-18-8-6-5-7-17(18)23/h5-12,19,26H,4H2,1-3H3,(H,24,25,27). The van der Waals surface area contributed by atoms with Crippen LogP contribution in [0.1, 0.15) is 35.0 Å². The second-order valence-electron chi connectivity index (χ2n) is 7.18. The van der Waals surface area contributed by atoms with E-state index >= 15 is 0 Å². The van der Waals surface area contributed by atoms with Gasteiger partial charge in [-0.3, -0.25) is 9.52 Å². The van der Waals surface area contributed by atoms with E-state index in [4.69, 9.17) is 9.26 Å². The molecular formula is C22H22FN3O6S. The topological polar surface area (TPSA) is 128 Å². The molecule has 9 nitrogen and oxygen atoms in total. The van der Waals surface area contributed by atoms with Gasteiger partial charge >= 0.3 is 5.97 Å². The Hall–Kier alpha value is -3.73. The fraction of sp³-hybridized carbons (Fsp3) is 0.227. The van der Waals surface area contributed by atoms with Crippen molar-refractivity contribution < 1.29 is 31.7 Å². The van der Waals surface area contributed by atoms with E-state index in [0.29, 0.717) is 11.3 Å². The summed E-state index contributed by atoms with van der Waals surface area (Å²) in [4.78, 5) is 25.0. The highest BCUT2D eigenvalue weighted by molar-refractivity contribution is 7.92. The third-order valence-corrected chi connectivity index (χ3v) is 6.01. The summed E-state index contributed by atoms with van der Waals surface area (Å²) >= 11 is 0. The van der Waals surface area contributed by atoms with Gasteiger partial charge < -0.3 is 14.6 Å². The lowest BCUT2D eigenvalue weighted by Gasteiger charge is -2.16. The summed E-state index contributed by atoms with van der Waals surface area (Å²) in [5.74, 6) is -1.56. The van der Waals surface area contributed by atoms with Gasteiger partial charge in [-0.1, -0.05) is 30.3 Å². The lowest BCUT2D eigenvalue weighted by Crippen LogP contribution is -2.32. The van der Waals surface area contributed by atoms with Gasteiger partial charge in [-0.15, -0.1) is 0 Å². The van der Waals surface area contributed by atoms with Gasteiger partial charge in [0.2, 0.25) is 0 Å². The average Bonchev–Trinajstić information content (AvgIpc) is 3.17. The Labute approximate surface area is 190 Å². The van der Waals surface area contributed by atoms with Gasteiger partial charge in [0.05, 0.1) is 16.1 Å². The highest BCUT2D eigenvalue weighted by Gasteiger charge is 2.25. The molecule has 0 spiro atoms. The van der Waals surface area contributed by atoms with Gasteiger partial charge in [-0.25, -0.2) is 17.6 Å². The van der Waals surface area contributed by atoms with E-state index in [0.717, 1.165) is 12.1 Å². The normalized spacial score (nSPS) is 12.1. The number of esters is 1. The molecule has 174 valence electrons. The van der Waals surface area contributed by atoms with Gasteiger partial charge in [0.25, 0.3) is 15.9 Å². The van der Waals surface area contributed by atoms with Crippen LogP contribution < -0.4 is 10.0 Å². The van der Waals surface area contributed by atoms with Crippen LogP contribution >= 0.6 is 0 Å². The van der Waals surface area contributed by atoms with Crippen LogP contribution in [-0.4, -0.2) is 31.6 Å². The van der Waals surface area contributed by atoms with Crippen LogP contribution in [0.4, 0.5) is 15.9 Å². The maximum atomic E-state index is 13.9. The third kappa shape index (κ3) is 5.75. The van der Waals surface area contributed by atoms with Crippen molar-refractivity contribution in [3.05, 3.63) is 71.2 Å². The van der Waals surface area contributed by atoms with E-state index in [9.17, 15) is 22.4 Å². The molecule has 3 aromatic rings. The Morgan fingerprint density at radius 1 is 1.15 bits per heavy atom. The fourth-order valence-electron chi connectivity index (χ4n) is 2.88. The van der Waals surface area contributed by atoms with Gasteiger partial charge in [0.15, 0.2) is 11.9 Å². The number of hydrogen-bond donors (Lipinski definition) is 2. The molecule has 0 radical (unpaired) electrons. The fourth-order valence-corrected chi connectivity index (χ4v) is 3.98. The number of ether oxygens (including phenoxy) is 1. The SMILES string of the molecule is CCC(OC(=O)c1cc(S(=O)(=O)Nc2ccccc2F)ccc1C)C(=O)Nc1cc(C)on1. The summed E-state index contributed by atoms with van der Waals surface area (Å²) in [5, 5.41) is 6.15. The zero-order valence-corrected chi connectivity index (χ0v) is 18.9. The van der Waals surface area contributed by atoms with E-state index in [-0.39, 0.29) is 28.4 Å². The number of anilines is 2. The molecule has 33 heavy (non-hydrogen) atoms. The summed E-state index contributed by atoms with van der Waals surface area (Å²) < 4.78 is 51.7. The number of carbonyl (C=O) groups is 2. The van der Waals surface area contributed by atoms with E-state index in [1.807, 2.05) is 0 Å². The molecule has 1 atom stereocenters. The summed E-state index contributed by atoms with van der Waals surface area (Å²) in [6.07, 6.45) is -0.981. The first kappa shape index (κ1) is 23.9.